The first-order valence-electron chi connectivity index (χ1n) is 4.05. The van der Waals surface area contributed by atoms with Gasteiger partial charge in [-0.2, -0.15) is 0 Å². The van der Waals surface area contributed by atoms with Gasteiger partial charge in [-0.3, -0.25) is 4.98 Å². The van der Waals surface area contributed by atoms with E-state index in [2.05, 4.69) is 15.0 Å². The van der Waals surface area contributed by atoms with Gasteiger partial charge in [0, 0.05) is 35.9 Å². The highest BCUT2D eigenvalue weighted by Gasteiger charge is 1.96. The third-order valence-electron chi connectivity index (χ3n) is 1.78. The second-order valence-corrected chi connectivity index (χ2v) is 2.76. The van der Waals surface area contributed by atoms with Crippen molar-refractivity contribution in [3.05, 3.63) is 42.7 Å². The van der Waals surface area contributed by atoms with Crippen LogP contribution in [0, 0.1) is 6.92 Å². The minimum Gasteiger partial charge on any atom is -0.264 e. The van der Waals surface area contributed by atoms with Gasteiger partial charge < -0.3 is 0 Å². The molecule has 3 nitrogen and oxygen atoms in total. The molecule has 0 spiro atoms. The Morgan fingerprint density at radius 2 is 1.77 bits per heavy atom. The fourth-order valence-electron chi connectivity index (χ4n) is 1.08. The zero-order chi connectivity index (χ0) is 9.10. The highest BCUT2D eigenvalue weighted by atomic mass is 14.8. The lowest BCUT2D eigenvalue weighted by molar-refractivity contribution is 1.05. The van der Waals surface area contributed by atoms with Crippen LogP contribution in [0.15, 0.2) is 36.9 Å². The molecule has 0 radical (unpaired) electrons. The maximum atomic E-state index is 4.12. The van der Waals surface area contributed by atoms with Gasteiger partial charge in [0.05, 0.1) is 0 Å². The second kappa shape index (κ2) is 3.31. The Hall–Kier alpha value is -1.77. The van der Waals surface area contributed by atoms with Crippen LogP contribution in [0.1, 0.15) is 5.82 Å². The van der Waals surface area contributed by atoms with Crippen molar-refractivity contribution >= 4 is 0 Å². The van der Waals surface area contributed by atoms with Gasteiger partial charge in [-0.15, -0.1) is 0 Å². The van der Waals surface area contributed by atoms with Gasteiger partial charge in [0.2, 0.25) is 0 Å². The number of pyridine rings is 1. The van der Waals surface area contributed by atoms with Gasteiger partial charge in [0.15, 0.2) is 0 Å². The Kier molecular flexibility index (Phi) is 2.00. The van der Waals surface area contributed by atoms with Crippen LogP contribution in [0.3, 0.4) is 0 Å². The molecule has 2 aromatic heterocycles. The van der Waals surface area contributed by atoms with Crippen molar-refractivity contribution in [2.24, 2.45) is 0 Å². The molecular weight excluding hydrogens is 162 g/mol. The van der Waals surface area contributed by atoms with E-state index in [1.165, 1.54) is 0 Å². The first kappa shape index (κ1) is 7.86. The van der Waals surface area contributed by atoms with E-state index in [0.717, 1.165) is 17.0 Å². The zero-order valence-electron chi connectivity index (χ0n) is 7.31. The molecule has 0 aliphatic carbocycles. The molecule has 2 rings (SSSR count). The van der Waals surface area contributed by atoms with Crippen LogP contribution in [0.25, 0.3) is 11.1 Å². The molecule has 0 aliphatic rings. The van der Waals surface area contributed by atoms with Crippen molar-refractivity contribution in [2.75, 3.05) is 0 Å². The molecule has 0 fully saturated rings. The van der Waals surface area contributed by atoms with Crippen molar-refractivity contribution < 1.29 is 0 Å². The number of hydrogen-bond donors (Lipinski definition) is 0. The maximum Gasteiger partial charge on any atom is 0.125 e. The highest BCUT2D eigenvalue weighted by Crippen LogP contribution is 2.14. The van der Waals surface area contributed by atoms with Crippen molar-refractivity contribution in [1.29, 1.82) is 0 Å². The molecule has 0 saturated carbocycles. The normalized spacial score (nSPS) is 9.92. The molecule has 0 bridgehead atoms. The quantitative estimate of drug-likeness (QED) is 0.657. The molecule has 0 N–H and O–H groups in total. The van der Waals surface area contributed by atoms with Gasteiger partial charge in [-0.25, -0.2) is 9.97 Å². The number of hydrogen-bond acceptors (Lipinski definition) is 3. The number of aromatic nitrogens is 3. The molecule has 2 heterocycles. The van der Waals surface area contributed by atoms with E-state index >= 15 is 0 Å². The minimum absolute atomic E-state index is 0.785. The molecule has 3 heteroatoms. The van der Waals surface area contributed by atoms with Gasteiger partial charge in [-0.05, 0) is 13.0 Å². The third-order valence-corrected chi connectivity index (χ3v) is 1.78. The Bertz CT molecular complexity index is 381. The summed E-state index contributed by atoms with van der Waals surface area (Å²) >= 11 is 0. The second-order valence-electron chi connectivity index (χ2n) is 2.76. The lowest BCUT2D eigenvalue weighted by atomic mass is 10.2. The van der Waals surface area contributed by atoms with E-state index in [1.54, 1.807) is 24.8 Å². The summed E-state index contributed by atoms with van der Waals surface area (Å²) in [6.07, 6.45) is 7.16. The molecule has 13 heavy (non-hydrogen) atoms. The van der Waals surface area contributed by atoms with Gasteiger partial charge in [0.25, 0.3) is 0 Å². The number of nitrogens with zero attached hydrogens (tertiary/aromatic N) is 3. The molecule has 0 aliphatic heterocycles. The smallest absolute Gasteiger partial charge is 0.125 e. The summed E-state index contributed by atoms with van der Waals surface area (Å²) in [7, 11) is 0. The van der Waals surface area contributed by atoms with E-state index in [1.807, 2.05) is 19.1 Å². The van der Waals surface area contributed by atoms with Crippen LogP contribution in [0.2, 0.25) is 0 Å². The molecular formula is C10H9N3. The van der Waals surface area contributed by atoms with Crippen molar-refractivity contribution in [1.82, 2.24) is 15.0 Å². The average molecular weight is 171 g/mol. The summed E-state index contributed by atoms with van der Waals surface area (Å²) in [6.45, 7) is 1.87. The first-order chi connectivity index (χ1) is 6.36. The Morgan fingerprint density at radius 3 is 2.38 bits per heavy atom. The summed E-state index contributed by atoms with van der Waals surface area (Å²) in [6, 6.07) is 3.89. The standard InChI is InChI=1S/C10H9N3/c1-8-12-6-10(7-13-8)9-3-2-4-11-5-9/h2-7H,1H3. The fraction of sp³-hybridized carbons (Fsp3) is 0.100. The van der Waals surface area contributed by atoms with Gasteiger partial charge in [0.1, 0.15) is 5.82 Å². The lowest BCUT2D eigenvalue weighted by Crippen LogP contribution is -1.87. The largest absolute Gasteiger partial charge is 0.264 e. The summed E-state index contributed by atoms with van der Waals surface area (Å²) < 4.78 is 0. The van der Waals surface area contributed by atoms with E-state index in [4.69, 9.17) is 0 Å². The van der Waals surface area contributed by atoms with Crippen LogP contribution in [-0.2, 0) is 0 Å². The molecule has 0 atom stereocenters. The zero-order valence-corrected chi connectivity index (χ0v) is 7.31. The predicted molar refractivity (Wildman–Crippen MR) is 50.0 cm³/mol. The first-order valence-corrected chi connectivity index (χ1v) is 4.05. The summed E-state index contributed by atoms with van der Waals surface area (Å²) in [5, 5.41) is 0. The third kappa shape index (κ3) is 1.69. The van der Waals surface area contributed by atoms with E-state index in [-0.39, 0.29) is 0 Å². The minimum atomic E-state index is 0.785. The highest BCUT2D eigenvalue weighted by molar-refractivity contribution is 5.59. The molecule has 2 aromatic rings. The van der Waals surface area contributed by atoms with Gasteiger partial charge >= 0.3 is 0 Å². The van der Waals surface area contributed by atoms with Crippen molar-refractivity contribution in [3.8, 4) is 11.1 Å². The predicted octanol–water partition coefficient (Wildman–Crippen LogP) is 1.85. The number of rotatable bonds is 1. The summed E-state index contributed by atoms with van der Waals surface area (Å²) in [5.74, 6) is 0.785. The van der Waals surface area contributed by atoms with Crippen LogP contribution >= 0.6 is 0 Å². The Balaban J connectivity index is 2.42. The van der Waals surface area contributed by atoms with Crippen LogP contribution < -0.4 is 0 Å². The van der Waals surface area contributed by atoms with Crippen LogP contribution in [-0.4, -0.2) is 15.0 Å². The van der Waals surface area contributed by atoms with Crippen molar-refractivity contribution in [3.63, 3.8) is 0 Å². The van der Waals surface area contributed by atoms with E-state index in [0.29, 0.717) is 0 Å². The Labute approximate surface area is 76.5 Å². The topological polar surface area (TPSA) is 38.7 Å². The molecule has 64 valence electrons. The van der Waals surface area contributed by atoms with E-state index < -0.39 is 0 Å². The maximum absolute atomic E-state index is 4.12. The molecule has 0 unspecified atom stereocenters. The van der Waals surface area contributed by atoms with E-state index in [9.17, 15) is 0 Å². The monoisotopic (exact) mass is 171 g/mol. The van der Waals surface area contributed by atoms with Crippen LogP contribution in [0.4, 0.5) is 0 Å². The summed E-state index contributed by atoms with van der Waals surface area (Å²) in [4.78, 5) is 12.3. The molecule has 0 amide bonds. The SMILES string of the molecule is Cc1ncc(-c2cccnc2)cn1. The average Bonchev–Trinajstić information content (AvgIpc) is 2.20. The Morgan fingerprint density at radius 1 is 1.00 bits per heavy atom. The molecule has 0 aromatic carbocycles. The van der Waals surface area contributed by atoms with Gasteiger partial charge in [-0.1, -0.05) is 6.07 Å². The van der Waals surface area contributed by atoms with Crippen LogP contribution in [0.5, 0.6) is 0 Å². The number of aryl methyl sites for hydroxylation is 1. The lowest BCUT2D eigenvalue weighted by Gasteiger charge is -1.98. The molecule has 0 saturated heterocycles. The summed E-state index contributed by atoms with van der Waals surface area (Å²) in [5.41, 5.74) is 2.04. The van der Waals surface area contributed by atoms with Crippen molar-refractivity contribution in [2.45, 2.75) is 6.92 Å². The fourth-order valence-corrected chi connectivity index (χ4v) is 1.08.